The number of hydrogen-bond acceptors (Lipinski definition) is 6. The minimum absolute atomic E-state index is 0.244. The second-order valence-electron chi connectivity index (χ2n) is 4.76. The summed E-state index contributed by atoms with van der Waals surface area (Å²) in [6.45, 7) is 2.99. The first-order chi connectivity index (χ1) is 10.1. The average molecular weight is 296 g/mol. The van der Waals surface area contributed by atoms with Crippen molar-refractivity contribution in [3.05, 3.63) is 35.4 Å². The number of esters is 1. The number of aliphatic hydroxyl groups excluding tert-OH is 2. The second kappa shape index (κ2) is 7.51. The van der Waals surface area contributed by atoms with Gasteiger partial charge in [-0.2, -0.15) is 0 Å². The molecule has 0 aliphatic carbocycles. The van der Waals surface area contributed by atoms with Gasteiger partial charge in [-0.25, -0.2) is 0 Å². The molecule has 0 bridgehead atoms. The standard InChI is InChI=1S/C15H20O6/c1-2-19-13(17)9-12(16)14(18)10-4-3-5-11(8-10)15-20-6-7-21-15/h3-5,8,12,14-16,18H,2,6-7,9H2,1H3. The third-order valence-electron chi connectivity index (χ3n) is 3.19. The molecule has 6 nitrogen and oxygen atoms in total. The van der Waals surface area contributed by atoms with E-state index >= 15 is 0 Å². The number of hydrogen-bond donors (Lipinski definition) is 2. The summed E-state index contributed by atoms with van der Waals surface area (Å²) >= 11 is 0. The number of benzene rings is 1. The van der Waals surface area contributed by atoms with Crippen molar-refractivity contribution in [2.45, 2.75) is 31.8 Å². The zero-order valence-corrected chi connectivity index (χ0v) is 11.9. The van der Waals surface area contributed by atoms with Gasteiger partial charge in [0.2, 0.25) is 0 Å². The molecule has 1 aromatic rings. The Labute approximate surface area is 123 Å². The van der Waals surface area contributed by atoms with Gasteiger partial charge in [-0.05, 0) is 18.6 Å². The summed E-state index contributed by atoms with van der Waals surface area (Å²) in [6.07, 6.45) is -3.09. The number of ether oxygens (including phenoxy) is 3. The highest BCUT2D eigenvalue weighted by Gasteiger charge is 2.24. The minimum Gasteiger partial charge on any atom is -0.466 e. The highest BCUT2D eigenvalue weighted by Crippen LogP contribution is 2.27. The molecule has 2 unspecified atom stereocenters. The molecule has 116 valence electrons. The van der Waals surface area contributed by atoms with Gasteiger partial charge in [0.25, 0.3) is 0 Å². The first kappa shape index (κ1) is 15.9. The molecule has 1 fully saturated rings. The van der Waals surface area contributed by atoms with Crippen LogP contribution in [-0.2, 0) is 19.0 Å². The van der Waals surface area contributed by atoms with Crippen LogP contribution in [0.4, 0.5) is 0 Å². The van der Waals surface area contributed by atoms with Crippen LogP contribution in [0.3, 0.4) is 0 Å². The van der Waals surface area contributed by atoms with Crippen LogP contribution in [0.5, 0.6) is 0 Å². The van der Waals surface area contributed by atoms with E-state index in [1.54, 1.807) is 25.1 Å². The smallest absolute Gasteiger partial charge is 0.308 e. The van der Waals surface area contributed by atoms with E-state index in [2.05, 4.69) is 0 Å². The molecule has 1 aliphatic rings. The Bertz CT molecular complexity index is 469. The molecule has 0 radical (unpaired) electrons. The first-order valence-electron chi connectivity index (χ1n) is 6.96. The van der Waals surface area contributed by atoms with E-state index in [0.29, 0.717) is 18.8 Å². The lowest BCUT2D eigenvalue weighted by Gasteiger charge is -2.19. The Morgan fingerprint density at radius 3 is 2.76 bits per heavy atom. The Morgan fingerprint density at radius 2 is 2.10 bits per heavy atom. The lowest BCUT2D eigenvalue weighted by molar-refractivity contribution is -0.147. The molecule has 2 atom stereocenters. The second-order valence-corrected chi connectivity index (χ2v) is 4.76. The fraction of sp³-hybridized carbons (Fsp3) is 0.533. The molecule has 1 heterocycles. The SMILES string of the molecule is CCOC(=O)CC(O)C(O)c1cccc(C2OCCO2)c1. The lowest BCUT2D eigenvalue weighted by Crippen LogP contribution is -2.23. The highest BCUT2D eigenvalue weighted by molar-refractivity contribution is 5.70. The molecule has 6 heteroatoms. The zero-order chi connectivity index (χ0) is 15.2. The monoisotopic (exact) mass is 296 g/mol. The highest BCUT2D eigenvalue weighted by atomic mass is 16.7. The maximum absolute atomic E-state index is 11.3. The third kappa shape index (κ3) is 4.25. The third-order valence-corrected chi connectivity index (χ3v) is 3.19. The number of carbonyl (C=O) groups is 1. The Hall–Kier alpha value is -1.47. The van der Waals surface area contributed by atoms with Gasteiger partial charge in [0, 0.05) is 5.56 Å². The minimum atomic E-state index is -1.22. The quantitative estimate of drug-likeness (QED) is 0.764. The molecule has 0 saturated carbocycles. The molecule has 1 aromatic carbocycles. The van der Waals surface area contributed by atoms with Crippen LogP contribution >= 0.6 is 0 Å². The summed E-state index contributed by atoms with van der Waals surface area (Å²) in [7, 11) is 0. The Morgan fingerprint density at radius 1 is 1.38 bits per heavy atom. The van der Waals surface area contributed by atoms with Gasteiger partial charge in [0.05, 0.1) is 32.3 Å². The molecule has 1 saturated heterocycles. The molecule has 2 N–H and O–H groups in total. The summed E-state index contributed by atoms with van der Waals surface area (Å²) in [6, 6.07) is 6.95. The number of carbonyl (C=O) groups excluding carboxylic acids is 1. The Balaban J connectivity index is 2.02. The molecular weight excluding hydrogens is 276 g/mol. The van der Waals surface area contributed by atoms with E-state index in [-0.39, 0.29) is 13.0 Å². The molecule has 1 aliphatic heterocycles. The topological polar surface area (TPSA) is 85.2 Å². The summed E-state index contributed by atoms with van der Waals surface area (Å²) < 4.78 is 15.5. The van der Waals surface area contributed by atoms with Gasteiger partial charge < -0.3 is 24.4 Å². The van der Waals surface area contributed by atoms with E-state index in [0.717, 1.165) is 5.56 Å². The number of rotatable bonds is 6. The average Bonchev–Trinajstić information content (AvgIpc) is 3.01. The number of aliphatic hydroxyl groups is 2. The normalized spacial score (nSPS) is 18.4. The van der Waals surface area contributed by atoms with Gasteiger partial charge in [0.15, 0.2) is 6.29 Å². The van der Waals surface area contributed by atoms with E-state index in [1.807, 2.05) is 6.07 Å². The van der Waals surface area contributed by atoms with E-state index in [4.69, 9.17) is 14.2 Å². The van der Waals surface area contributed by atoms with Gasteiger partial charge in [-0.1, -0.05) is 18.2 Å². The zero-order valence-electron chi connectivity index (χ0n) is 11.9. The fourth-order valence-electron chi connectivity index (χ4n) is 2.16. The molecule has 0 amide bonds. The van der Waals surface area contributed by atoms with Crippen molar-refractivity contribution in [2.75, 3.05) is 19.8 Å². The van der Waals surface area contributed by atoms with Crippen molar-refractivity contribution in [1.82, 2.24) is 0 Å². The van der Waals surface area contributed by atoms with Crippen molar-refractivity contribution >= 4 is 5.97 Å². The maximum Gasteiger partial charge on any atom is 0.308 e. The largest absolute Gasteiger partial charge is 0.466 e. The first-order valence-corrected chi connectivity index (χ1v) is 6.96. The van der Waals surface area contributed by atoms with Crippen molar-refractivity contribution in [2.24, 2.45) is 0 Å². The van der Waals surface area contributed by atoms with E-state index in [9.17, 15) is 15.0 Å². The lowest BCUT2D eigenvalue weighted by atomic mass is 10.00. The molecule has 21 heavy (non-hydrogen) atoms. The van der Waals surface area contributed by atoms with Crippen LogP contribution in [0.2, 0.25) is 0 Å². The van der Waals surface area contributed by atoms with Gasteiger partial charge in [0.1, 0.15) is 6.10 Å². The van der Waals surface area contributed by atoms with Gasteiger partial charge >= 0.3 is 5.97 Å². The van der Waals surface area contributed by atoms with E-state index in [1.165, 1.54) is 0 Å². The van der Waals surface area contributed by atoms with Gasteiger partial charge in [-0.15, -0.1) is 0 Å². The van der Waals surface area contributed by atoms with Crippen LogP contribution in [0.25, 0.3) is 0 Å². The van der Waals surface area contributed by atoms with Crippen molar-refractivity contribution in [3.63, 3.8) is 0 Å². The molecule has 0 spiro atoms. The molecule has 0 aromatic heterocycles. The van der Waals surface area contributed by atoms with Crippen LogP contribution in [0.1, 0.15) is 36.9 Å². The summed E-state index contributed by atoms with van der Waals surface area (Å²) in [4.78, 5) is 11.3. The van der Waals surface area contributed by atoms with Crippen molar-refractivity contribution in [1.29, 1.82) is 0 Å². The molecule has 2 rings (SSSR count). The summed E-state index contributed by atoms with van der Waals surface area (Å²) in [5, 5.41) is 20.0. The fourth-order valence-corrected chi connectivity index (χ4v) is 2.16. The Kier molecular flexibility index (Phi) is 5.69. The predicted octanol–water partition coefficient (Wildman–Crippen LogP) is 1.08. The van der Waals surface area contributed by atoms with Crippen LogP contribution in [0.15, 0.2) is 24.3 Å². The van der Waals surface area contributed by atoms with Gasteiger partial charge in [-0.3, -0.25) is 4.79 Å². The van der Waals surface area contributed by atoms with Crippen molar-refractivity contribution < 1.29 is 29.2 Å². The van der Waals surface area contributed by atoms with Crippen molar-refractivity contribution in [3.8, 4) is 0 Å². The molecular formula is C15H20O6. The van der Waals surface area contributed by atoms with Crippen LogP contribution in [-0.4, -0.2) is 42.1 Å². The van der Waals surface area contributed by atoms with Crippen LogP contribution < -0.4 is 0 Å². The summed E-state index contributed by atoms with van der Waals surface area (Å²) in [5.74, 6) is -0.539. The summed E-state index contributed by atoms with van der Waals surface area (Å²) in [5.41, 5.74) is 1.27. The van der Waals surface area contributed by atoms with E-state index < -0.39 is 24.5 Å². The van der Waals surface area contributed by atoms with Crippen LogP contribution in [0, 0.1) is 0 Å². The predicted molar refractivity (Wildman–Crippen MR) is 73.3 cm³/mol. The maximum atomic E-state index is 11.3.